The Balaban J connectivity index is 1.72. The topological polar surface area (TPSA) is 38.8 Å². The van der Waals surface area contributed by atoms with Gasteiger partial charge in [0.15, 0.2) is 0 Å². The average molecular weight is 287 g/mol. The maximum atomic E-state index is 11.9. The Morgan fingerprint density at radius 1 is 1.37 bits per heavy atom. The zero-order chi connectivity index (χ0) is 14.3. The first kappa shape index (κ1) is 15.0. The molecule has 0 N–H and O–H groups in total. The number of carbonyl (C=O) groups is 1. The molecule has 4 nitrogen and oxygen atoms in total. The van der Waals surface area contributed by atoms with E-state index in [1.54, 1.807) is 0 Å². The minimum atomic E-state index is -0.400. The molecule has 5 heteroatoms. The Labute approximate surface area is 120 Å². The average Bonchev–Trinajstić information content (AvgIpc) is 2.10. The molecule has 2 aliphatic rings. The van der Waals surface area contributed by atoms with E-state index in [4.69, 9.17) is 8.92 Å². The Morgan fingerprint density at radius 3 is 2.42 bits per heavy atom. The molecule has 0 bridgehead atoms. The number of carbonyl (C=O) groups excluding carboxylic acids is 1. The van der Waals surface area contributed by atoms with Crippen LogP contribution in [0.25, 0.3) is 0 Å². The van der Waals surface area contributed by atoms with Gasteiger partial charge in [-0.05, 0) is 58.5 Å². The molecule has 1 atom stereocenters. The van der Waals surface area contributed by atoms with Crippen molar-refractivity contribution in [3.05, 3.63) is 0 Å². The number of hydrogen-bond acceptors (Lipinski definition) is 4. The van der Waals surface area contributed by atoms with Gasteiger partial charge in [0.25, 0.3) is 0 Å². The lowest BCUT2D eigenvalue weighted by molar-refractivity contribution is -0.113. The highest BCUT2D eigenvalue weighted by Crippen LogP contribution is 2.53. The van der Waals surface area contributed by atoms with Crippen molar-refractivity contribution >= 4 is 18.1 Å². The van der Waals surface area contributed by atoms with Crippen LogP contribution in [0.2, 0.25) is 0 Å². The van der Waals surface area contributed by atoms with E-state index in [1.165, 1.54) is 24.9 Å². The minimum Gasteiger partial charge on any atom is -0.444 e. The van der Waals surface area contributed by atoms with Crippen LogP contribution in [0.15, 0.2) is 0 Å². The fraction of sp³-hybridized carbons (Fsp3) is 0.929. The third kappa shape index (κ3) is 3.37. The van der Waals surface area contributed by atoms with Crippen LogP contribution in [0.3, 0.4) is 0 Å². The third-order valence-corrected chi connectivity index (χ3v) is 4.50. The van der Waals surface area contributed by atoms with Crippen LogP contribution >= 0.6 is 12.0 Å². The molecule has 1 aliphatic heterocycles. The summed E-state index contributed by atoms with van der Waals surface area (Å²) in [7, 11) is 0. The van der Waals surface area contributed by atoms with E-state index in [9.17, 15) is 4.79 Å². The Kier molecular flexibility index (Phi) is 4.07. The van der Waals surface area contributed by atoms with E-state index >= 15 is 0 Å². The highest BCUT2D eigenvalue weighted by Gasteiger charge is 2.55. The van der Waals surface area contributed by atoms with Crippen molar-refractivity contribution in [2.24, 2.45) is 11.3 Å². The van der Waals surface area contributed by atoms with Gasteiger partial charge in [0.2, 0.25) is 0 Å². The number of amides is 1. The van der Waals surface area contributed by atoms with Gasteiger partial charge < -0.3 is 13.8 Å². The molecule has 0 radical (unpaired) electrons. The smallest absolute Gasteiger partial charge is 0.410 e. The molecule has 1 saturated heterocycles. The normalized spacial score (nSPS) is 23.7. The summed E-state index contributed by atoms with van der Waals surface area (Å²) in [6, 6.07) is 0. The Morgan fingerprint density at radius 2 is 1.95 bits per heavy atom. The van der Waals surface area contributed by atoms with Crippen LogP contribution in [0, 0.1) is 11.3 Å². The fourth-order valence-electron chi connectivity index (χ4n) is 3.09. The second-order valence-corrected chi connectivity index (χ2v) is 7.50. The summed E-state index contributed by atoms with van der Waals surface area (Å²) >= 11 is 1.44. The summed E-state index contributed by atoms with van der Waals surface area (Å²) in [5, 5.41) is 0. The van der Waals surface area contributed by atoms with Gasteiger partial charge in [-0.1, -0.05) is 0 Å². The van der Waals surface area contributed by atoms with Crippen molar-refractivity contribution in [2.45, 2.75) is 52.2 Å². The maximum Gasteiger partial charge on any atom is 0.410 e. The Bertz CT molecular complexity index is 339. The third-order valence-electron chi connectivity index (χ3n) is 4.01. The second-order valence-electron chi connectivity index (χ2n) is 6.97. The molecule has 1 heterocycles. The summed E-state index contributed by atoms with van der Waals surface area (Å²) in [5.74, 6) is 0.647. The first-order chi connectivity index (χ1) is 8.75. The van der Waals surface area contributed by atoms with Crippen LogP contribution in [0.5, 0.6) is 0 Å². The summed E-state index contributed by atoms with van der Waals surface area (Å²) < 4.78 is 10.9. The lowest BCUT2D eigenvalue weighted by Crippen LogP contribution is -2.65. The van der Waals surface area contributed by atoms with Crippen LogP contribution in [0.4, 0.5) is 4.79 Å². The maximum absolute atomic E-state index is 11.9. The predicted octanol–water partition coefficient (Wildman–Crippen LogP) is 3.32. The predicted molar refractivity (Wildman–Crippen MR) is 77.0 cm³/mol. The van der Waals surface area contributed by atoms with Gasteiger partial charge in [0, 0.05) is 24.8 Å². The van der Waals surface area contributed by atoms with Crippen LogP contribution in [-0.2, 0) is 8.92 Å². The van der Waals surface area contributed by atoms with Crippen molar-refractivity contribution in [3.63, 3.8) is 0 Å². The summed E-state index contributed by atoms with van der Waals surface area (Å²) in [6.45, 7) is 9.55. The summed E-state index contributed by atoms with van der Waals surface area (Å²) in [5.41, 5.74) is -0.0414. The van der Waals surface area contributed by atoms with Gasteiger partial charge in [-0.2, -0.15) is 0 Å². The molecule has 1 spiro atoms. The number of nitrogens with zero attached hydrogens (tertiary/aromatic N) is 1. The number of rotatable bonds is 3. The van der Waals surface area contributed by atoms with E-state index in [0.717, 1.165) is 13.1 Å². The molecule has 1 saturated carbocycles. The molecule has 19 heavy (non-hydrogen) atoms. The molecule has 1 unspecified atom stereocenters. The van der Waals surface area contributed by atoms with E-state index in [0.29, 0.717) is 17.4 Å². The molecule has 2 rings (SSSR count). The number of likely N-dealkylation sites (tertiary alicyclic amines) is 1. The number of ether oxygens (including phenoxy) is 1. The molecule has 1 amide bonds. The van der Waals surface area contributed by atoms with Crippen molar-refractivity contribution in [1.82, 2.24) is 4.90 Å². The number of hydrogen-bond donors (Lipinski definition) is 0. The summed E-state index contributed by atoms with van der Waals surface area (Å²) in [4.78, 5) is 13.7. The van der Waals surface area contributed by atoms with E-state index in [-0.39, 0.29) is 6.09 Å². The zero-order valence-electron chi connectivity index (χ0n) is 12.6. The van der Waals surface area contributed by atoms with Crippen molar-refractivity contribution in [1.29, 1.82) is 0 Å². The van der Waals surface area contributed by atoms with Gasteiger partial charge in [0.1, 0.15) is 5.60 Å². The summed E-state index contributed by atoms with van der Waals surface area (Å²) in [6.07, 6.45) is 4.45. The van der Waals surface area contributed by atoms with E-state index in [1.807, 2.05) is 31.9 Å². The van der Waals surface area contributed by atoms with Crippen molar-refractivity contribution < 1.29 is 13.7 Å². The molecule has 2 fully saturated rings. The van der Waals surface area contributed by atoms with Gasteiger partial charge in [-0.3, -0.25) is 0 Å². The lowest BCUT2D eigenvalue weighted by atomic mass is 9.56. The zero-order valence-corrected chi connectivity index (χ0v) is 13.4. The molecular formula is C14H25NO3S. The SMILES string of the molecule is CSOC(C)C1CC2(C1)CN(C(=O)OC(C)(C)C)C2. The molecule has 1 aliphatic carbocycles. The highest BCUT2D eigenvalue weighted by atomic mass is 32.2. The van der Waals surface area contributed by atoms with Crippen LogP contribution < -0.4 is 0 Å². The molecule has 110 valence electrons. The van der Waals surface area contributed by atoms with Crippen molar-refractivity contribution in [2.75, 3.05) is 19.3 Å². The molecule has 0 aromatic carbocycles. The lowest BCUT2D eigenvalue weighted by Gasteiger charge is -2.59. The quantitative estimate of drug-likeness (QED) is 0.746. The van der Waals surface area contributed by atoms with Gasteiger partial charge in [0.05, 0.1) is 6.10 Å². The highest BCUT2D eigenvalue weighted by molar-refractivity contribution is 7.93. The van der Waals surface area contributed by atoms with Crippen LogP contribution in [-0.4, -0.2) is 42.0 Å². The Hall–Kier alpha value is -0.420. The molecule has 0 aromatic rings. The first-order valence-electron chi connectivity index (χ1n) is 6.92. The van der Waals surface area contributed by atoms with Gasteiger partial charge in [-0.25, -0.2) is 4.79 Å². The first-order valence-corrected chi connectivity index (χ1v) is 8.07. The van der Waals surface area contributed by atoms with E-state index < -0.39 is 5.60 Å². The standard InChI is InChI=1S/C14H25NO3S/c1-10(18-19-5)11-6-14(7-11)8-15(9-14)12(16)17-13(2,3)4/h10-11H,6-9H2,1-5H3. The molecule has 0 aromatic heterocycles. The van der Waals surface area contributed by atoms with Gasteiger partial charge >= 0.3 is 6.09 Å². The monoisotopic (exact) mass is 287 g/mol. The van der Waals surface area contributed by atoms with Crippen LogP contribution in [0.1, 0.15) is 40.5 Å². The van der Waals surface area contributed by atoms with E-state index in [2.05, 4.69) is 6.92 Å². The molecular weight excluding hydrogens is 262 g/mol. The minimum absolute atomic E-state index is 0.171. The second kappa shape index (κ2) is 5.17. The fourth-order valence-corrected chi connectivity index (χ4v) is 3.55. The largest absolute Gasteiger partial charge is 0.444 e. The van der Waals surface area contributed by atoms with Gasteiger partial charge in [-0.15, -0.1) is 0 Å². The van der Waals surface area contributed by atoms with Crippen molar-refractivity contribution in [3.8, 4) is 0 Å².